The quantitative estimate of drug-likeness (QED) is 0.420. The molecule has 1 heterocycles. The maximum Gasteiger partial charge on any atom is 0.318 e. The molecule has 1 aliphatic heterocycles. The molecule has 5 rings (SSSR count). The fourth-order valence-electron chi connectivity index (χ4n) is 5.69. The van der Waals surface area contributed by atoms with E-state index in [4.69, 9.17) is 0 Å². The lowest BCUT2D eigenvalue weighted by Crippen LogP contribution is -2.57. The minimum absolute atomic E-state index is 0.0126. The lowest BCUT2D eigenvalue weighted by atomic mass is 9.80. The lowest BCUT2D eigenvalue weighted by Gasteiger charge is -2.42. The predicted octanol–water partition coefficient (Wildman–Crippen LogP) is 4.50. The number of fused-ring (bicyclic) bond motifs is 2. The highest BCUT2D eigenvalue weighted by molar-refractivity contribution is 6.03. The Kier molecular flexibility index (Phi) is 7.23. The third kappa shape index (κ3) is 5.30. The smallest absolute Gasteiger partial charge is 0.318 e. The number of aliphatic carboxylic acids is 1. The first-order chi connectivity index (χ1) is 17.1. The van der Waals surface area contributed by atoms with Gasteiger partial charge >= 0.3 is 5.97 Å². The van der Waals surface area contributed by atoms with Crippen LogP contribution in [0, 0.1) is 0 Å². The van der Waals surface area contributed by atoms with Gasteiger partial charge in [-0.15, -0.1) is 0 Å². The molecule has 0 aromatic heterocycles. The van der Waals surface area contributed by atoms with Crippen LogP contribution in [0.2, 0.25) is 0 Å². The summed E-state index contributed by atoms with van der Waals surface area (Å²) in [6.45, 7) is 0.927. The second-order valence-corrected chi connectivity index (χ2v) is 9.78. The van der Waals surface area contributed by atoms with Crippen molar-refractivity contribution in [2.24, 2.45) is 0 Å². The molecule has 1 saturated carbocycles. The number of nitrogens with zero attached hydrogens (tertiary/aromatic N) is 1. The van der Waals surface area contributed by atoms with Crippen molar-refractivity contribution in [3.8, 4) is 0 Å². The Hall–Kier alpha value is -3.06. The van der Waals surface area contributed by atoms with Crippen molar-refractivity contribution >= 4 is 22.5 Å². The SMILES string of the molecule is O=C(O)CNN1Cc2ccccc2C(CNC2CCCCC2)C1C(=O)c1ccc2ccccc2c1. The summed E-state index contributed by atoms with van der Waals surface area (Å²) in [5.41, 5.74) is 6.00. The highest BCUT2D eigenvalue weighted by Gasteiger charge is 2.40. The average molecular weight is 472 g/mol. The van der Waals surface area contributed by atoms with Crippen LogP contribution in [0.3, 0.4) is 0 Å². The number of hydrogen-bond acceptors (Lipinski definition) is 5. The zero-order valence-corrected chi connectivity index (χ0v) is 20.0. The number of carboxylic acids is 1. The molecule has 0 spiro atoms. The number of carboxylic acid groups (broad SMARTS) is 1. The first-order valence-corrected chi connectivity index (χ1v) is 12.7. The van der Waals surface area contributed by atoms with Crippen LogP contribution >= 0.6 is 0 Å². The van der Waals surface area contributed by atoms with Crippen molar-refractivity contribution in [3.63, 3.8) is 0 Å². The summed E-state index contributed by atoms with van der Waals surface area (Å²) in [6, 6.07) is 22.1. The number of nitrogens with one attached hydrogen (secondary N) is 2. The molecule has 3 aromatic carbocycles. The van der Waals surface area contributed by atoms with Gasteiger partial charge in [-0.05, 0) is 40.8 Å². The minimum Gasteiger partial charge on any atom is -0.480 e. The van der Waals surface area contributed by atoms with E-state index >= 15 is 0 Å². The molecule has 0 amide bonds. The molecule has 1 fully saturated rings. The standard InChI is InChI=1S/C29H33N3O3/c33-27(34)18-31-32-19-23-10-6-7-13-25(23)26(17-30-24-11-2-1-3-12-24)28(32)29(35)22-15-14-20-8-4-5-9-21(20)16-22/h4-10,13-16,24,26,28,30-31H,1-3,11-12,17-19H2,(H,33,34). The summed E-state index contributed by atoms with van der Waals surface area (Å²) in [5.74, 6) is -1.03. The second kappa shape index (κ2) is 10.7. The molecule has 2 atom stereocenters. The maximum atomic E-state index is 14.1. The highest BCUT2D eigenvalue weighted by Crippen LogP contribution is 2.35. The van der Waals surface area contributed by atoms with Crippen molar-refractivity contribution in [2.45, 2.75) is 56.7 Å². The molecular formula is C29H33N3O3. The molecule has 0 bridgehead atoms. The molecule has 2 aliphatic rings. The number of hydrazine groups is 1. The third-order valence-electron chi connectivity index (χ3n) is 7.48. The van der Waals surface area contributed by atoms with Gasteiger partial charge in [0.2, 0.25) is 0 Å². The largest absolute Gasteiger partial charge is 0.480 e. The minimum atomic E-state index is -0.947. The van der Waals surface area contributed by atoms with E-state index < -0.39 is 12.0 Å². The van der Waals surface area contributed by atoms with Crippen LogP contribution in [0.4, 0.5) is 0 Å². The number of hydrogen-bond donors (Lipinski definition) is 3. The molecule has 0 radical (unpaired) electrons. The van der Waals surface area contributed by atoms with Crippen LogP contribution in [0.5, 0.6) is 0 Å². The van der Waals surface area contributed by atoms with E-state index in [0.29, 0.717) is 24.7 Å². The molecule has 3 aromatic rings. The topological polar surface area (TPSA) is 81.7 Å². The summed E-state index contributed by atoms with van der Waals surface area (Å²) in [4.78, 5) is 25.5. The Balaban J connectivity index is 1.50. The van der Waals surface area contributed by atoms with Gasteiger partial charge in [0, 0.05) is 30.6 Å². The van der Waals surface area contributed by atoms with Gasteiger partial charge in [0.1, 0.15) is 6.54 Å². The van der Waals surface area contributed by atoms with Crippen LogP contribution in [0.25, 0.3) is 10.8 Å². The molecule has 35 heavy (non-hydrogen) atoms. The normalized spacial score (nSPS) is 21.0. The zero-order valence-electron chi connectivity index (χ0n) is 20.0. The Bertz CT molecular complexity index is 1200. The molecule has 6 heteroatoms. The summed E-state index contributed by atoms with van der Waals surface area (Å²) in [6.07, 6.45) is 6.10. The van der Waals surface area contributed by atoms with Gasteiger partial charge in [0.05, 0.1) is 6.04 Å². The second-order valence-electron chi connectivity index (χ2n) is 9.78. The van der Waals surface area contributed by atoms with Crippen LogP contribution < -0.4 is 10.7 Å². The van der Waals surface area contributed by atoms with E-state index in [9.17, 15) is 14.7 Å². The van der Waals surface area contributed by atoms with Crippen molar-refractivity contribution < 1.29 is 14.7 Å². The molecule has 2 unspecified atom stereocenters. The Morgan fingerprint density at radius 1 is 0.914 bits per heavy atom. The Labute approximate surface area is 206 Å². The summed E-state index contributed by atoms with van der Waals surface area (Å²) in [7, 11) is 0. The van der Waals surface area contributed by atoms with E-state index in [1.165, 1.54) is 37.7 Å². The lowest BCUT2D eigenvalue weighted by molar-refractivity contribution is -0.137. The molecule has 182 valence electrons. The van der Waals surface area contributed by atoms with Crippen LogP contribution in [-0.4, -0.2) is 47.0 Å². The summed E-state index contributed by atoms with van der Waals surface area (Å²) in [5, 5.41) is 17.1. The number of Topliss-reactive ketones (excluding diaryl/α,β-unsaturated/α-hetero) is 1. The average Bonchev–Trinajstić information content (AvgIpc) is 2.90. The number of carbonyl (C=O) groups excluding carboxylic acids is 1. The number of benzene rings is 3. The van der Waals surface area contributed by atoms with Gasteiger partial charge in [-0.2, -0.15) is 0 Å². The first-order valence-electron chi connectivity index (χ1n) is 12.7. The van der Waals surface area contributed by atoms with Crippen molar-refractivity contribution in [2.75, 3.05) is 13.1 Å². The van der Waals surface area contributed by atoms with Gasteiger partial charge in [-0.25, -0.2) is 10.4 Å². The van der Waals surface area contributed by atoms with Gasteiger partial charge in [0.25, 0.3) is 0 Å². The van der Waals surface area contributed by atoms with Gasteiger partial charge in [-0.3, -0.25) is 9.59 Å². The summed E-state index contributed by atoms with van der Waals surface area (Å²) >= 11 is 0. The first kappa shape index (κ1) is 23.7. The number of carbonyl (C=O) groups is 2. The van der Waals surface area contributed by atoms with Crippen molar-refractivity contribution in [1.29, 1.82) is 0 Å². The van der Waals surface area contributed by atoms with Gasteiger partial charge in [-0.1, -0.05) is 79.9 Å². The Morgan fingerprint density at radius 3 is 2.46 bits per heavy atom. The van der Waals surface area contributed by atoms with E-state index in [1.807, 2.05) is 59.6 Å². The predicted molar refractivity (Wildman–Crippen MR) is 137 cm³/mol. The fraction of sp³-hybridized carbons (Fsp3) is 0.379. The third-order valence-corrected chi connectivity index (χ3v) is 7.48. The molecule has 6 nitrogen and oxygen atoms in total. The number of rotatable bonds is 8. The van der Waals surface area contributed by atoms with Crippen LogP contribution in [0.1, 0.15) is 59.5 Å². The van der Waals surface area contributed by atoms with E-state index in [2.05, 4.69) is 22.9 Å². The Morgan fingerprint density at radius 2 is 1.66 bits per heavy atom. The van der Waals surface area contributed by atoms with E-state index in [0.717, 1.165) is 16.3 Å². The molecular weight excluding hydrogens is 438 g/mol. The zero-order chi connectivity index (χ0) is 24.2. The van der Waals surface area contributed by atoms with Gasteiger partial charge in [0.15, 0.2) is 5.78 Å². The number of ketones is 1. The fourth-order valence-corrected chi connectivity index (χ4v) is 5.69. The molecule has 3 N–H and O–H groups in total. The van der Waals surface area contributed by atoms with Gasteiger partial charge < -0.3 is 10.4 Å². The monoisotopic (exact) mass is 471 g/mol. The van der Waals surface area contributed by atoms with Crippen LogP contribution in [-0.2, 0) is 11.3 Å². The van der Waals surface area contributed by atoms with Crippen LogP contribution in [0.15, 0.2) is 66.7 Å². The maximum absolute atomic E-state index is 14.1. The molecule has 0 saturated heterocycles. The van der Waals surface area contributed by atoms with Crippen molar-refractivity contribution in [3.05, 3.63) is 83.4 Å². The molecule has 1 aliphatic carbocycles. The summed E-state index contributed by atoms with van der Waals surface area (Å²) < 4.78 is 0. The van der Waals surface area contributed by atoms with Crippen molar-refractivity contribution in [1.82, 2.24) is 15.8 Å². The van der Waals surface area contributed by atoms with E-state index in [-0.39, 0.29) is 18.2 Å². The highest BCUT2D eigenvalue weighted by atomic mass is 16.4. The van der Waals surface area contributed by atoms with E-state index in [1.54, 1.807) is 0 Å².